The normalized spacial score (nSPS) is 15.1. The van der Waals surface area contributed by atoms with E-state index in [0.29, 0.717) is 11.7 Å². The van der Waals surface area contributed by atoms with Crippen LogP contribution in [0, 0.1) is 0 Å². The van der Waals surface area contributed by atoms with E-state index in [4.69, 9.17) is 9.47 Å². The summed E-state index contributed by atoms with van der Waals surface area (Å²) >= 11 is 0. The number of hydrogen-bond acceptors (Lipinski definition) is 5. The quantitative estimate of drug-likeness (QED) is 0.778. The summed E-state index contributed by atoms with van der Waals surface area (Å²) in [6, 6.07) is 5.73. The van der Waals surface area contributed by atoms with E-state index < -0.39 is 5.97 Å². The van der Waals surface area contributed by atoms with Crippen molar-refractivity contribution >= 4 is 22.8 Å². The molecule has 2 heterocycles. The van der Waals surface area contributed by atoms with Crippen LogP contribution >= 0.6 is 0 Å². The van der Waals surface area contributed by atoms with E-state index in [2.05, 4.69) is 15.0 Å². The number of fused-ring (bicyclic) bond motifs is 1. The second-order valence-electron chi connectivity index (χ2n) is 5.95. The van der Waals surface area contributed by atoms with Crippen LogP contribution in [-0.4, -0.2) is 50.3 Å². The van der Waals surface area contributed by atoms with Crippen molar-refractivity contribution in [2.24, 2.45) is 0 Å². The third-order valence-electron chi connectivity index (χ3n) is 4.38. The van der Waals surface area contributed by atoms with Crippen molar-refractivity contribution < 1.29 is 23.8 Å². The van der Waals surface area contributed by atoms with Crippen LogP contribution in [0.2, 0.25) is 0 Å². The monoisotopic (exact) mass is 346 g/mol. The summed E-state index contributed by atoms with van der Waals surface area (Å²) in [4.78, 5) is 26.2. The molecular weight excluding hydrogens is 324 g/mol. The Kier molecular flexibility index (Phi) is 5.55. The number of benzene rings is 1. The predicted molar refractivity (Wildman–Crippen MR) is 91.6 cm³/mol. The Morgan fingerprint density at radius 1 is 1.32 bits per heavy atom. The van der Waals surface area contributed by atoms with Crippen LogP contribution in [0.25, 0.3) is 10.9 Å². The first-order valence-electron chi connectivity index (χ1n) is 8.33. The molecule has 7 nitrogen and oxygen atoms in total. The van der Waals surface area contributed by atoms with E-state index in [1.807, 2.05) is 24.4 Å². The molecule has 0 unspecified atom stereocenters. The van der Waals surface area contributed by atoms with Crippen LogP contribution in [0.5, 0.6) is 5.75 Å². The molecule has 25 heavy (non-hydrogen) atoms. The average molecular weight is 346 g/mol. The minimum Gasteiger partial charge on any atom is -0.483 e. The van der Waals surface area contributed by atoms with Gasteiger partial charge in [0, 0.05) is 30.3 Å². The molecule has 0 spiro atoms. The Labute approximate surface area is 145 Å². The molecule has 1 amide bonds. The van der Waals surface area contributed by atoms with Gasteiger partial charge in [-0.2, -0.15) is 0 Å². The number of methoxy groups -OCH3 is 1. The zero-order chi connectivity index (χ0) is 17.6. The Morgan fingerprint density at radius 3 is 2.88 bits per heavy atom. The first-order chi connectivity index (χ1) is 12.2. The lowest BCUT2D eigenvalue weighted by atomic mass is 9.91. The van der Waals surface area contributed by atoms with Gasteiger partial charge in [0.05, 0.1) is 7.11 Å². The molecule has 3 rings (SSSR count). The average Bonchev–Trinajstić information content (AvgIpc) is 3.09. The van der Waals surface area contributed by atoms with Crippen molar-refractivity contribution in [2.45, 2.75) is 18.8 Å². The lowest BCUT2D eigenvalue weighted by Crippen LogP contribution is -2.33. The second kappa shape index (κ2) is 8.02. The Balaban J connectivity index is 1.71. The summed E-state index contributed by atoms with van der Waals surface area (Å²) in [7, 11) is 1.27. The number of aromatic amines is 1. The molecule has 0 bridgehead atoms. The van der Waals surface area contributed by atoms with Crippen LogP contribution in [0.15, 0.2) is 24.4 Å². The molecule has 7 heteroatoms. The SMILES string of the molecule is COC(=O)CNC(=O)COc1cccc2[nH]cc(C3CCOCC3)c12. The maximum absolute atomic E-state index is 11.8. The summed E-state index contributed by atoms with van der Waals surface area (Å²) in [5, 5.41) is 3.47. The van der Waals surface area contributed by atoms with Gasteiger partial charge in [-0.3, -0.25) is 9.59 Å². The van der Waals surface area contributed by atoms with E-state index in [0.717, 1.165) is 37.0 Å². The molecule has 1 saturated heterocycles. The highest BCUT2D eigenvalue weighted by Crippen LogP contribution is 2.37. The third-order valence-corrected chi connectivity index (χ3v) is 4.38. The van der Waals surface area contributed by atoms with Gasteiger partial charge in [-0.05, 0) is 36.5 Å². The zero-order valence-electron chi connectivity index (χ0n) is 14.2. The maximum Gasteiger partial charge on any atom is 0.325 e. The van der Waals surface area contributed by atoms with Crippen molar-refractivity contribution in [3.63, 3.8) is 0 Å². The van der Waals surface area contributed by atoms with E-state index in [1.54, 1.807) is 0 Å². The van der Waals surface area contributed by atoms with E-state index in [1.165, 1.54) is 12.7 Å². The first kappa shape index (κ1) is 17.3. The zero-order valence-corrected chi connectivity index (χ0v) is 14.2. The van der Waals surface area contributed by atoms with Gasteiger partial charge < -0.3 is 24.5 Å². The molecule has 1 aliphatic rings. The number of nitrogens with one attached hydrogen (secondary N) is 2. The smallest absolute Gasteiger partial charge is 0.325 e. The second-order valence-corrected chi connectivity index (χ2v) is 5.95. The molecule has 1 aliphatic heterocycles. The van der Waals surface area contributed by atoms with Crippen molar-refractivity contribution in [3.8, 4) is 5.75 Å². The number of hydrogen-bond donors (Lipinski definition) is 2. The number of amides is 1. The van der Waals surface area contributed by atoms with E-state index >= 15 is 0 Å². The van der Waals surface area contributed by atoms with Gasteiger partial charge in [-0.15, -0.1) is 0 Å². The van der Waals surface area contributed by atoms with Crippen molar-refractivity contribution in [1.82, 2.24) is 10.3 Å². The maximum atomic E-state index is 11.8. The van der Waals surface area contributed by atoms with Gasteiger partial charge in [-0.1, -0.05) is 6.07 Å². The van der Waals surface area contributed by atoms with Gasteiger partial charge in [-0.25, -0.2) is 0 Å². The molecule has 1 fully saturated rings. The molecule has 1 aromatic heterocycles. The lowest BCUT2D eigenvalue weighted by Gasteiger charge is -2.22. The number of esters is 1. The third kappa shape index (κ3) is 4.11. The predicted octanol–water partition coefficient (Wildman–Crippen LogP) is 1.73. The Bertz CT molecular complexity index is 749. The van der Waals surface area contributed by atoms with Crippen LogP contribution in [0.1, 0.15) is 24.3 Å². The van der Waals surface area contributed by atoms with Crippen LogP contribution in [-0.2, 0) is 19.1 Å². The fourth-order valence-electron chi connectivity index (χ4n) is 3.06. The Hall–Kier alpha value is -2.54. The molecule has 0 aliphatic carbocycles. The molecular formula is C18H22N2O5. The molecule has 0 atom stereocenters. The highest BCUT2D eigenvalue weighted by molar-refractivity contribution is 5.90. The van der Waals surface area contributed by atoms with E-state index in [9.17, 15) is 9.59 Å². The Morgan fingerprint density at radius 2 is 2.12 bits per heavy atom. The van der Waals surface area contributed by atoms with Crippen molar-refractivity contribution in [2.75, 3.05) is 33.5 Å². The fraction of sp³-hybridized carbons (Fsp3) is 0.444. The number of rotatable bonds is 6. The topological polar surface area (TPSA) is 89.6 Å². The molecule has 134 valence electrons. The molecule has 0 saturated carbocycles. The number of aromatic nitrogens is 1. The van der Waals surface area contributed by atoms with Crippen molar-refractivity contribution in [1.29, 1.82) is 0 Å². The van der Waals surface area contributed by atoms with Crippen LogP contribution in [0.4, 0.5) is 0 Å². The summed E-state index contributed by atoms with van der Waals surface area (Å²) in [5.74, 6) is 0.210. The number of carbonyl (C=O) groups excluding carboxylic acids is 2. The standard InChI is InChI=1S/C18H22N2O5/c1-23-17(22)10-20-16(21)11-25-15-4-2-3-14-18(15)13(9-19-14)12-5-7-24-8-6-12/h2-4,9,12,19H,5-8,10-11H2,1H3,(H,20,21). The minimum atomic E-state index is -0.497. The van der Waals surface area contributed by atoms with Gasteiger partial charge in [0.15, 0.2) is 6.61 Å². The largest absolute Gasteiger partial charge is 0.483 e. The lowest BCUT2D eigenvalue weighted by molar-refractivity contribution is -0.141. The summed E-state index contributed by atoms with van der Waals surface area (Å²) in [6.45, 7) is 1.20. The van der Waals surface area contributed by atoms with Gasteiger partial charge in [0.2, 0.25) is 0 Å². The summed E-state index contributed by atoms with van der Waals surface area (Å²) < 4.78 is 15.6. The van der Waals surface area contributed by atoms with Crippen molar-refractivity contribution in [3.05, 3.63) is 30.0 Å². The molecule has 2 N–H and O–H groups in total. The minimum absolute atomic E-state index is 0.158. The summed E-state index contributed by atoms with van der Waals surface area (Å²) in [6.07, 6.45) is 3.96. The highest BCUT2D eigenvalue weighted by atomic mass is 16.5. The van der Waals surface area contributed by atoms with Crippen LogP contribution in [0.3, 0.4) is 0 Å². The molecule has 0 radical (unpaired) electrons. The number of H-pyrrole nitrogens is 1. The van der Waals surface area contributed by atoms with E-state index in [-0.39, 0.29) is 19.1 Å². The van der Waals surface area contributed by atoms with Gasteiger partial charge in [0.25, 0.3) is 5.91 Å². The molecule has 1 aromatic carbocycles. The van der Waals surface area contributed by atoms with Crippen LogP contribution < -0.4 is 10.1 Å². The first-order valence-corrected chi connectivity index (χ1v) is 8.33. The number of ether oxygens (including phenoxy) is 3. The van der Waals surface area contributed by atoms with Gasteiger partial charge >= 0.3 is 5.97 Å². The highest BCUT2D eigenvalue weighted by Gasteiger charge is 2.21. The summed E-state index contributed by atoms with van der Waals surface area (Å²) in [5.41, 5.74) is 2.18. The fourth-order valence-corrected chi connectivity index (χ4v) is 3.06. The number of carbonyl (C=O) groups is 2. The molecule has 2 aromatic rings. The van der Waals surface area contributed by atoms with Gasteiger partial charge in [0.1, 0.15) is 12.3 Å².